The van der Waals surface area contributed by atoms with Crippen LogP contribution >= 0.6 is 22.7 Å². The topological polar surface area (TPSA) is 149 Å². The number of pyridine rings is 1. The number of rotatable bonds is 9. The summed E-state index contributed by atoms with van der Waals surface area (Å²) >= 11 is 2.35. The molecule has 0 spiro atoms. The van der Waals surface area contributed by atoms with Crippen molar-refractivity contribution in [2.24, 2.45) is 0 Å². The molecule has 3 amide bonds. The zero-order valence-corrected chi connectivity index (χ0v) is 23.7. The fourth-order valence-electron chi connectivity index (χ4n) is 3.89. The molecule has 3 aromatic heterocycles. The SMILES string of the molecule is COc1cccc(C(=O)Nc2cc(-c3csc(-c4sc([NH2+]C(=O)NCCc5ccccn5)nc4N)n3)c(F)cc2F)c1. The standard InChI is InChI=1S/C28H23F2N7O3S2/c1-40-17-7-4-5-15(11-17)25(38)34-21-12-18(19(29)13-20(21)30)22-14-41-26(35-22)23-24(31)36-28(42-23)37-27(39)33-10-8-16-6-2-3-9-32-16/h2-7,9,11-14H,8,10,31H2,1H3,(H,34,38)(H2,33,36,37,39)/p+1. The van der Waals surface area contributed by atoms with Crippen molar-refractivity contribution < 1.29 is 28.4 Å². The van der Waals surface area contributed by atoms with Crippen molar-refractivity contribution in [3.63, 3.8) is 0 Å². The second-order valence-electron chi connectivity index (χ2n) is 8.81. The Morgan fingerprint density at radius 2 is 1.93 bits per heavy atom. The first-order valence-corrected chi connectivity index (χ1v) is 14.2. The van der Waals surface area contributed by atoms with Gasteiger partial charge in [0.05, 0.1) is 18.5 Å². The number of benzene rings is 2. The number of aromatic nitrogens is 3. The van der Waals surface area contributed by atoms with E-state index in [1.165, 1.54) is 35.9 Å². The number of hydrogen-bond acceptors (Lipinski definition) is 9. The third-order valence-electron chi connectivity index (χ3n) is 5.94. The number of methoxy groups -OCH3 is 1. The number of nitrogens with one attached hydrogen (secondary N) is 2. The number of nitrogen functional groups attached to an aromatic ring is 1. The molecule has 0 fully saturated rings. The molecule has 5 aromatic rings. The predicted octanol–water partition coefficient (Wildman–Crippen LogP) is 4.60. The Balaban J connectivity index is 1.28. The van der Waals surface area contributed by atoms with Gasteiger partial charge in [-0.2, -0.15) is 4.98 Å². The van der Waals surface area contributed by atoms with Gasteiger partial charge in [-0.25, -0.2) is 23.9 Å². The van der Waals surface area contributed by atoms with Crippen molar-refractivity contribution >= 4 is 51.2 Å². The fourth-order valence-corrected chi connectivity index (χ4v) is 5.73. The van der Waals surface area contributed by atoms with Gasteiger partial charge < -0.3 is 21.1 Å². The number of hydrogen-bond donors (Lipinski definition) is 4. The highest BCUT2D eigenvalue weighted by molar-refractivity contribution is 7.23. The second kappa shape index (κ2) is 12.8. The number of nitrogens with two attached hydrogens (primary N) is 2. The monoisotopic (exact) mass is 608 g/mol. The molecule has 0 saturated heterocycles. The zero-order valence-electron chi connectivity index (χ0n) is 22.1. The van der Waals surface area contributed by atoms with E-state index in [0.717, 1.165) is 17.0 Å². The minimum atomic E-state index is -0.937. The molecule has 10 nitrogen and oxygen atoms in total. The largest absolute Gasteiger partial charge is 0.497 e. The van der Waals surface area contributed by atoms with Gasteiger partial charge in [0.2, 0.25) is 0 Å². The molecular weight excluding hydrogens is 584 g/mol. The van der Waals surface area contributed by atoms with Gasteiger partial charge in [0.15, 0.2) is 5.82 Å². The van der Waals surface area contributed by atoms with Crippen molar-refractivity contribution in [3.05, 3.63) is 89.1 Å². The van der Waals surface area contributed by atoms with Gasteiger partial charge >= 0.3 is 6.03 Å². The number of urea groups is 1. The van der Waals surface area contributed by atoms with Gasteiger partial charge in [-0.1, -0.05) is 23.5 Å². The third-order valence-corrected chi connectivity index (χ3v) is 7.96. The maximum Gasteiger partial charge on any atom is 0.420 e. The molecular formula is C28H24F2N7O3S2+. The van der Waals surface area contributed by atoms with Crippen LogP contribution < -0.4 is 26.4 Å². The number of primary amides is 1. The number of quaternary nitrogens is 1. The molecule has 5 rings (SSSR count). The normalized spacial score (nSPS) is 10.8. The summed E-state index contributed by atoms with van der Waals surface area (Å²) in [6.45, 7) is 0.404. The van der Waals surface area contributed by atoms with E-state index in [4.69, 9.17) is 10.5 Å². The molecule has 0 bridgehead atoms. The second-order valence-corrected chi connectivity index (χ2v) is 10.7. The molecule has 6 N–H and O–H groups in total. The molecule has 0 atom stereocenters. The van der Waals surface area contributed by atoms with Gasteiger partial charge in [0.1, 0.15) is 27.3 Å². The summed E-state index contributed by atoms with van der Waals surface area (Å²) in [7, 11) is 1.47. The van der Waals surface area contributed by atoms with E-state index in [0.29, 0.717) is 39.8 Å². The highest BCUT2D eigenvalue weighted by Gasteiger charge is 2.21. The first-order valence-electron chi connectivity index (χ1n) is 12.5. The maximum atomic E-state index is 14.8. The number of anilines is 2. The van der Waals surface area contributed by atoms with Gasteiger partial charge in [-0.05, 0) is 36.4 Å². The lowest BCUT2D eigenvalue weighted by Crippen LogP contribution is -2.85. The first kappa shape index (κ1) is 28.7. The molecule has 0 aliphatic carbocycles. The highest BCUT2D eigenvalue weighted by Crippen LogP contribution is 2.38. The zero-order chi connectivity index (χ0) is 29.6. The summed E-state index contributed by atoms with van der Waals surface area (Å²) in [5.41, 5.74) is 7.20. The Hall–Kier alpha value is -4.79. The van der Waals surface area contributed by atoms with Crippen LogP contribution in [-0.2, 0) is 6.42 Å². The Bertz CT molecular complexity index is 1740. The molecule has 14 heteroatoms. The van der Waals surface area contributed by atoms with Crippen LogP contribution in [0.1, 0.15) is 16.1 Å². The molecule has 0 unspecified atom stereocenters. The van der Waals surface area contributed by atoms with Crippen LogP contribution in [0.4, 0.5) is 30.2 Å². The smallest absolute Gasteiger partial charge is 0.420 e. The Labute approximate surface area is 246 Å². The summed E-state index contributed by atoms with van der Waals surface area (Å²) in [4.78, 5) is 38.5. The van der Waals surface area contributed by atoms with Crippen LogP contribution in [0.3, 0.4) is 0 Å². The van der Waals surface area contributed by atoms with E-state index in [1.807, 2.05) is 18.2 Å². The molecule has 214 valence electrons. The fraction of sp³-hybridized carbons (Fsp3) is 0.107. The molecule has 2 aromatic carbocycles. The number of amides is 3. The van der Waals surface area contributed by atoms with Gasteiger partial charge in [-0.15, -0.1) is 11.3 Å². The first-order chi connectivity index (χ1) is 20.3. The molecule has 3 heterocycles. The van der Waals surface area contributed by atoms with E-state index in [9.17, 15) is 18.4 Å². The van der Waals surface area contributed by atoms with E-state index in [2.05, 4.69) is 25.6 Å². The minimum Gasteiger partial charge on any atom is -0.497 e. The van der Waals surface area contributed by atoms with Gasteiger partial charge in [0, 0.05) is 47.4 Å². The Morgan fingerprint density at radius 1 is 1.07 bits per heavy atom. The van der Waals surface area contributed by atoms with E-state index in [1.54, 1.807) is 29.8 Å². The van der Waals surface area contributed by atoms with Crippen LogP contribution in [-0.4, -0.2) is 40.5 Å². The minimum absolute atomic E-state index is 0.0120. The predicted molar refractivity (Wildman–Crippen MR) is 157 cm³/mol. The quantitative estimate of drug-likeness (QED) is 0.191. The molecule has 0 radical (unpaired) electrons. The number of carbonyl (C=O) groups is 2. The number of thiazole rings is 2. The van der Waals surface area contributed by atoms with Crippen LogP contribution in [0.25, 0.3) is 21.1 Å². The molecule has 0 aliphatic heterocycles. The summed E-state index contributed by atoms with van der Waals surface area (Å²) < 4.78 is 34.6. The van der Waals surface area contributed by atoms with Crippen molar-refractivity contribution in [1.29, 1.82) is 0 Å². The average molecular weight is 609 g/mol. The number of ether oxygens (including phenoxy) is 1. The summed E-state index contributed by atoms with van der Waals surface area (Å²) in [5.74, 6) is -1.75. The van der Waals surface area contributed by atoms with Crippen molar-refractivity contribution in [3.8, 4) is 26.9 Å². The summed E-state index contributed by atoms with van der Waals surface area (Å²) in [5, 5.41) is 9.02. The lowest BCUT2D eigenvalue weighted by atomic mass is 10.1. The van der Waals surface area contributed by atoms with Crippen LogP contribution in [0.15, 0.2) is 66.2 Å². The van der Waals surface area contributed by atoms with Crippen molar-refractivity contribution in [2.75, 3.05) is 24.7 Å². The number of nitrogens with zero attached hydrogens (tertiary/aromatic N) is 3. The Morgan fingerprint density at radius 3 is 2.71 bits per heavy atom. The molecule has 0 saturated carbocycles. The lowest BCUT2D eigenvalue weighted by Gasteiger charge is -2.10. The molecule has 0 aliphatic rings. The van der Waals surface area contributed by atoms with Gasteiger partial charge in [0.25, 0.3) is 11.0 Å². The van der Waals surface area contributed by atoms with Crippen LogP contribution in [0, 0.1) is 11.6 Å². The number of halogens is 2. The maximum absolute atomic E-state index is 14.8. The molecule has 42 heavy (non-hydrogen) atoms. The Kier molecular flexibility index (Phi) is 8.76. The van der Waals surface area contributed by atoms with E-state index >= 15 is 0 Å². The van der Waals surface area contributed by atoms with Gasteiger partial charge in [-0.3, -0.25) is 9.78 Å². The van der Waals surface area contributed by atoms with E-state index in [-0.39, 0.29) is 34.4 Å². The van der Waals surface area contributed by atoms with E-state index < -0.39 is 17.5 Å². The average Bonchev–Trinajstić information content (AvgIpc) is 3.61. The van der Waals surface area contributed by atoms with Crippen molar-refractivity contribution in [1.82, 2.24) is 20.3 Å². The summed E-state index contributed by atoms with van der Waals surface area (Å²) in [6, 6.07) is 13.5. The van der Waals surface area contributed by atoms with Crippen LogP contribution in [0.5, 0.6) is 5.75 Å². The summed E-state index contributed by atoms with van der Waals surface area (Å²) in [6.07, 6.45) is 2.28. The number of carbonyl (C=O) groups excluding carboxylic acids is 2. The third kappa shape index (κ3) is 6.74. The lowest BCUT2D eigenvalue weighted by molar-refractivity contribution is -0.464. The van der Waals surface area contributed by atoms with Crippen molar-refractivity contribution in [2.45, 2.75) is 6.42 Å². The highest BCUT2D eigenvalue weighted by atomic mass is 32.1. The van der Waals surface area contributed by atoms with Crippen LogP contribution in [0.2, 0.25) is 0 Å².